The van der Waals surface area contributed by atoms with Crippen molar-refractivity contribution >= 4 is 10.0 Å². The maximum absolute atomic E-state index is 12.3. The summed E-state index contributed by atoms with van der Waals surface area (Å²) in [6, 6.07) is 16.2. The first kappa shape index (κ1) is 14.3. The Labute approximate surface area is 124 Å². The van der Waals surface area contributed by atoms with Crippen LogP contribution in [0.5, 0.6) is 0 Å². The molecule has 110 valence electrons. The van der Waals surface area contributed by atoms with E-state index in [1.165, 1.54) is 6.07 Å². The van der Waals surface area contributed by atoms with Gasteiger partial charge >= 0.3 is 0 Å². The Kier molecular flexibility index (Phi) is 3.80. The minimum absolute atomic E-state index is 0.0461. The van der Waals surface area contributed by atoms with Crippen molar-refractivity contribution in [2.45, 2.75) is 29.9 Å². The standard InChI is InChI=1S/C16H17NO3S/c18-11-12-5-4-8-14(9-12)21(19,20)17-16-10-15(16)13-6-2-1-3-7-13/h1-9,15-18H,10-11H2. The Morgan fingerprint density at radius 3 is 2.57 bits per heavy atom. The molecule has 2 unspecified atom stereocenters. The van der Waals surface area contributed by atoms with Crippen LogP contribution in [0.25, 0.3) is 0 Å². The second kappa shape index (κ2) is 5.60. The molecule has 2 aromatic rings. The molecule has 0 heterocycles. The first-order valence-electron chi connectivity index (χ1n) is 6.87. The second-order valence-electron chi connectivity index (χ2n) is 5.29. The Bertz CT molecular complexity index is 728. The lowest BCUT2D eigenvalue weighted by atomic mass is 10.1. The van der Waals surface area contributed by atoms with Gasteiger partial charge in [0.2, 0.25) is 10.0 Å². The van der Waals surface area contributed by atoms with Crippen LogP contribution in [0.3, 0.4) is 0 Å². The molecule has 0 radical (unpaired) electrons. The zero-order valence-electron chi connectivity index (χ0n) is 11.4. The summed E-state index contributed by atoms with van der Waals surface area (Å²) in [4.78, 5) is 0.202. The van der Waals surface area contributed by atoms with E-state index in [9.17, 15) is 8.42 Å². The monoisotopic (exact) mass is 303 g/mol. The molecule has 2 aromatic carbocycles. The highest BCUT2D eigenvalue weighted by Gasteiger charge is 2.41. The molecule has 0 saturated heterocycles. The molecule has 0 aromatic heterocycles. The van der Waals surface area contributed by atoms with Gasteiger partial charge in [-0.1, -0.05) is 42.5 Å². The van der Waals surface area contributed by atoms with Gasteiger partial charge in [-0.25, -0.2) is 13.1 Å². The third-order valence-corrected chi connectivity index (χ3v) is 5.20. The molecule has 2 atom stereocenters. The number of aliphatic hydroxyl groups excluding tert-OH is 1. The van der Waals surface area contributed by atoms with Gasteiger partial charge in [-0.2, -0.15) is 0 Å². The predicted octanol–water partition coefficient (Wildman–Crippen LogP) is 2.01. The summed E-state index contributed by atoms with van der Waals surface area (Å²) in [5, 5.41) is 9.10. The van der Waals surface area contributed by atoms with Gasteiger partial charge in [-0.3, -0.25) is 0 Å². The molecule has 0 bridgehead atoms. The van der Waals surface area contributed by atoms with Crippen LogP contribution in [-0.4, -0.2) is 19.6 Å². The van der Waals surface area contributed by atoms with Crippen molar-refractivity contribution in [3.05, 3.63) is 65.7 Å². The van der Waals surface area contributed by atoms with Crippen LogP contribution in [0.4, 0.5) is 0 Å². The lowest BCUT2D eigenvalue weighted by Crippen LogP contribution is -2.26. The summed E-state index contributed by atoms with van der Waals surface area (Å²) in [5.41, 5.74) is 1.75. The number of aliphatic hydroxyl groups is 1. The van der Waals surface area contributed by atoms with E-state index in [-0.39, 0.29) is 23.5 Å². The fourth-order valence-electron chi connectivity index (χ4n) is 2.47. The number of hydrogen-bond acceptors (Lipinski definition) is 3. The van der Waals surface area contributed by atoms with Crippen molar-refractivity contribution in [2.24, 2.45) is 0 Å². The molecule has 2 N–H and O–H groups in total. The molecule has 21 heavy (non-hydrogen) atoms. The molecule has 0 spiro atoms. The molecule has 1 aliphatic carbocycles. The average molecular weight is 303 g/mol. The van der Waals surface area contributed by atoms with Crippen LogP contribution in [0.15, 0.2) is 59.5 Å². The highest BCUT2D eigenvalue weighted by molar-refractivity contribution is 7.89. The van der Waals surface area contributed by atoms with E-state index in [0.717, 1.165) is 12.0 Å². The van der Waals surface area contributed by atoms with E-state index in [2.05, 4.69) is 4.72 Å². The number of hydrogen-bond donors (Lipinski definition) is 2. The van der Waals surface area contributed by atoms with Gasteiger partial charge in [0.15, 0.2) is 0 Å². The van der Waals surface area contributed by atoms with Crippen LogP contribution in [-0.2, 0) is 16.6 Å². The molecular formula is C16H17NO3S. The number of benzene rings is 2. The molecule has 0 aliphatic heterocycles. The minimum atomic E-state index is -3.53. The first-order chi connectivity index (χ1) is 10.1. The van der Waals surface area contributed by atoms with Crippen molar-refractivity contribution in [2.75, 3.05) is 0 Å². The largest absolute Gasteiger partial charge is 0.392 e. The smallest absolute Gasteiger partial charge is 0.240 e. The van der Waals surface area contributed by atoms with Crippen molar-refractivity contribution in [1.29, 1.82) is 0 Å². The zero-order chi connectivity index (χ0) is 14.9. The van der Waals surface area contributed by atoms with Crippen LogP contribution in [0.2, 0.25) is 0 Å². The molecule has 1 aliphatic rings. The summed E-state index contributed by atoms with van der Waals surface area (Å²) >= 11 is 0. The fourth-order valence-corrected chi connectivity index (χ4v) is 3.83. The maximum Gasteiger partial charge on any atom is 0.240 e. The normalized spacial score (nSPS) is 21.2. The second-order valence-corrected chi connectivity index (χ2v) is 7.00. The highest BCUT2D eigenvalue weighted by atomic mass is 32.2. The first-order valence-corrected chi connectivity index (χ1v) is 8.35. The van der Waals surface area contributed by atoms with Gasteiger partial charge in [-0.15, -0.1) is 0 Å². The summed E-state index contributed by atoms with van der Waals surface area (Å²) in [7, 11) is -3.53. The van der Waals surface area contributed by atoms with Gasteiger partial charge < -0.3 is 5.11 Å². The molecule has 0 amide bonds. The number of nitrogens with one attached hydrogen (secondary N) is 1. The lowest BCUT2D eigenvalue weighted by Gasteiger charge is -2.07. The molecule has 4 nitrogen and oxygen atoms in total. The van der Waals surface area contributed by atoms with Crippen molar-refractivity contribution in [3.8, 4) is 0 Å². The van der Waals surface area contributed by atoms with Crippen LogP contribution in [0.1, 0.15) is 23.5 Å². The minimum Gasteiger partial charge on any atom is -0.392 e. The summed E-state index contributed by atoms with van der Waals surface area (Å²) < 4.78 is 27.4. The Balaban J connectivity index is 1.73. The fraction of sp³-hybridized carbons (Fsp3) is 0.250. The Hall–Kier alpha value is -1.69. The Morgan fingerprint density at radius 2 is 1.86 bits per heavy atom. The van der Waals surface area contributed by atoms with Gasteiger partial charge in [0.25, 0.3) is 0 Å². The third kappa shape index (κ3) is 3.15. The summed E-state index contributed by atoms with van der Waals surface area (Å²) in [6.45, 7) is -0.167. The van der Waals surface area contributed by atoms with E-state index < -0.39 is 10.0 Å². The van der Waals surface area contributed by atoms with E-state index in [1.54, 1.807) is 18.2 Å². The van der Waals surface area contributed by atoms with Crippen LogP contribution < -0.4 is 4.72 Å². The molecule has 1 fully saturated rings. The summed E-state index contributed by atoms with van der Waals surface area (Å²) in [6.07, 6.45) is 0.822. The van der Waals surface area contributed by atoms with E-state index in [1.807, 2.05) is 30.3 Å². The van der Waals surface area contributed by atoms with Gasteiger partial charge in [0, 0.05) is 12.0 Å². The van der Waals surface area contributed by atoms with Crippen molar-refractivity contribution in [3.63, 3.8) is 0 Å². The number of sulfonamides is 1. The van der Waals surface area contributed by atoms with Gasteiger partial charge in [0.05, 0.1) is 11.5 Å². The molecule has 5 heteroatoms. The van der Waals surface area contributed by atoms with Crippen LogP contribution >= 0.6 is 0 Å². The maximum atomic E-state index is 12.3. The molecular weight excluding hydrogens is 286 g/mol. The molecule has 1 saturated carbocycles. The third-order valence-electron chi connectivity index (χ3n) is 3.72. The van der Waals surface area contributed by atoms with E-state index >= 15 is 0 Å². The topological polar surface area (TPSA) is 66.4 Å². The SMILES string of the molecule is O=S(=O)(NC1CC1c1ccccc1)c1cccc(CO)c1. The predicted molar refractivity (Wildman–Crippen MR) is 80.3 cm³/mol. The van der Waals surface area contributed by atoms with E-state index in [4.69, 9.17) is 5.11 Å². The molecule has 3 rings (SSSR count). The average Bonchev–Trinajstić information content (AvgIpc) is 3.26. The van der Waals surface area contributed by atoms with Gasteiger partial charge in [-0.05, 0) is 29.7 Å². The summed E-state index contributed by atoms with van der Waals surface area (Å²) in [5.74, 6) is 0.252. The van der Waals surface area contributed by atoms with Gasteiger partial charge in [0.1, 0.15) is 0 Å². The lowest BCUT2D eigenvalue weighted by molar-refractivity contribution is 0.281. The quantitative estimate of drug-likeness (QED) is 0.888. The zero-order valence-corrected chi connectivity index (χ0v) is 12.3. The van der Waals surface area contributed by atoms with Crippen molar-refractivity contribution < 1.29 is 13.5 Å². The van der Waals surface area contributed by atoms with E-state index in [0.29, 0.717) is 5.56 Å². The Morgan fingerprint density at radius 1 is 1.10 bits per heavy atom. The highest BCUT2D eigenvalue weighted by Crippen LogP contribution is 2.41. The number of rotatable bonds is 5. The van der Waals surface area contributed by atoms with Crippen LogP contribution in [0, 0.1) is 0 Å². The van der Waals surface area contributed by atoms with Crippen molar-refractivity contribution in [1.82, 2.24) is 4.72 Å².